The average Bonchev–Trinajstić information content (AvgIpc) is 2.50. The maximum Gasteiger partial charge on any atom is 0.118 e. The molecule has 0 unspecified atom stereocenters. The SMILES string of the molecule is C=C[C@@H](C)[C@@H](O)/C=C/CCOCc1ccc(OC)cc1. The molecular formula is C17H24O3. The van der Waals surface area contributed by atoms with Gasteiger partial charge in [-0.05, 0) is 24.1 Å². The third-order valence-electron chi connectivity index (χ3n) is 3.10. The molecule has 0 spiro atoms. The van der Waals surface area contributed by atoms with Gasteiger partial charge in [0, 0.05) is 5.92 Å². The zero-order valence-electron chi connectivity index (χ0n) is 12.3. The molecule has 1 aromatic carbocycles. The molecule has 0 radical (unpaired) electrons. The highest BCUT2D eigenvalue weighted by Gasteiger charge is 2.05. The number of hydrogen-bond donors (Lipinski definition) is 1. The molecule has 0 saturated heterocycles. The van der Waals surface area contributed by atoms with E-state index in [9.17, 15) is 5.11 Å². The van der Waals surface area contributed by atoms with Gasteiger partial charge in [-0.25, -0.2) is 0 Å². The van der Waals surface area contributed by atoms with E-state index in [1.54, 1.807) is 19.3 Å². The molecule has 0 heterocycles. The molecule has 0 aliphatic rings. The summed E-state index contributed by atoms with van der Waals surface area (Å²) < 4.78 is 10.7. The minimum absolute atomic E-state index is 0.0754. The Kier molecular flexibility index (Phi) is 7.70. The molecule has 110 valence electrons. The van der Waals surface area contributed by atoms with E-state index < -0.39 is 6.10 Å². The lowest BCUT2D eigenvalue weighted by atomic mass is 10.0. The summed E-state index contributed by atoms with van der Waals surface area (Å²) in [7, 11) is 1.65. The van der Waals surface area contributed by atoms with Gasteiger partial charge >= 0.3 is 0 Å². The van der Waals surface area contributed by atoms with Crippen molar-refractivity contribution < 1.29 is 14.6 Å². The predicted molar refractivity (Wildman–Crippen MR) is 81.8 cm³/mol. The van der Waals surface area contributed by atoms with E-state index in [1.807, 2.05) is 37.3 Å². The first-order chi connectivity index (χ1) is 9.67. The van der Waals surface area contributed by atoms with Gasteiger partial charge in [-0.2, -0.15) is 0 Å². The summed E-state index contributed by atoms with van der Waals surface area (Å²) >= 11 is 0. The van der Waals surface area contributed by atoms with Crippen molar-refractivity contribution in [3.63, 3.8) is 0 Å². The summed E-state index contributed by atoms with van der Waals surface area (Å²) in [5.41, 5.74) is 1.12. The van der Waals surface area contributed by atoms with Gasteiger partial charge in [-0.3, -0.25) is 0 Å². The summed E-state index contributed by atoms with van der Waals surface area (Å²) in [5.74, 6) is 0.925. The lowest BCUT2D eigenvalue weighted by Gasteiger charge is -2.09. The Morgan fingerprint density at radius 2 is 2.00 bits per heavy atom. The highest BCUT2D eigenvalue weighted by atomic mass is 16.5. The van der Waals surface area contributed by atoms with Gasteiger partial charge in [-0.15, -0.1) is 6.58 Å². The molecular weight excluding hydrogens is 252 g/mol. The van der Waals surface area contributed by atoms with Gasteiger partial charge in [0.2, 0.25) is 0 Å². The normalized spacial score (nSPS) is 14.2. The van der Waals surface area contributed by atoms with Crippen LogP contribution in [0.3, 0.4) is 0 Å². The number of methoxy groups -OCH3 is 1. The molecule has 0 aromatic heterocycles. The van der Waals surface area contributed by atoms with Gasteiger partial charge < -0.3 is 14.6 Å². The number of hydrogen-bond acceptors (Lipinski definition) is 3. The molecule has 0 aliphatic heterocycles. The Balaban J connectivity index is 2.18. The second-order valence-corrected chi connectivity index (χ2v) is 4.70. The van der Waals surface area contributed by atoms with Crippen LogP contribution in [0.5, 0.6) is 5.75 Å². The van der Waals surface area contributed by atoms with Crippen molar-refractivity contribution in [2.45, 2.75) is 26.1 Å². The molecule has 0 saturated carbocycles. The first kappa shape index (κ1) is 16.5. The van der Waals surface area contributed by atoms with Crippen molar-refractivity contribution in [1.29, 1.82) is 0 Å². The molecule has 1 N–H and O–H groups in total. The Bertz CT molecular complexity index is 409. The summed E-state index contributed by atoms with van der Waals surface area (Å²) in [6.45, 7) is 6.81. The lowest BCUT2D eigenvalue weighted by Crippen LogP contribution is -2.11. The van der Waals surface area contributed by atoms with Crippen molar-refractivity contribution in [1.82, 2.24) is 0 Å². The van der Waals surface area contributed by atoms with E-state index in [-0.39, 0.29) is 5.92 Å². The topological polar surface area (TPSA) is 38.7 Å². The number of rotatable bonds is 9. The molecule has 2 atom stereocenters. The van der Waals surface area contributed by atoms with Crippen molar-refractivity contribution in [2.75, 3.05) is 13.7 Å². The van der Waals surface area contributed by atoms with E-state index in [4.69, 9.17) is 9.47 Å². The number of benzene rings is 1. The van der Waals surface area contributed by atoms with Crippen molar-refractivity contribution in [2.24, 2.45) is 5.92 Å². The van der Waals surface area contributed by atoms with Gasteiger partial charge in [0.05, 0.1) is 26.4 Å². The zero-order valence-corrected chi connectivity index (χ0v) is 12.3. The van der Waals surface area contributed by atoms with Crippen LogP contribution in [0.1, 0.15) is 18.9 Å². The highest BCUT2D eigenvalue weighted by Crippen LogP contribution is 2.12. The van der Waals surface area contributed by atoms with Crippen molar-refractivity contribution in [3.05, 3.63) is 54.6 Å². The summed E-state index contributed by atoms with van der Waals surface area (Å²) in [6, 6.07) is 7.83. The fourth-order valence-corrected chi connectivity index (χ4v) is 1.61. The second kappa shape index (κ2) is 9.34. The zero-order chi connectivity index (χ0) is 14.8. The Hall–Kier alpha value is -1.58. The Morgan fingerprint density at radius 1 is 1.30 bits per heavy atom. The van der Waals surface area contributed by atoms with Crippen LogP contribution in [0.15, 0.2) is 49.1 Å². The summed E-state index contributed by atoms with van der Waals surface area (Å²) in [4.78, 5) is 0. The van der Waals surface area contributed by atoms with Crippen LogP contribution in [-0.2, 0) is 11.3 Å². The number of aliphatic hydroxyl groups excluding tert-OH is 1. The summed E-state index contributed by atoms with van der Waals surface area (Å²) in [5, 5.41) is 9.69. The van der Waals surface area contributed by atoms with Crippen LogP contribution < -0.4 is 4.74 Å². The predicted octanol–water partition coefficient (Wildman–Crippen LogP) is 3.34. The van der Waals surface area contributed by atoms with Crippen LogP contribution in [0.2, 0.25) is 0 Å². The van der Waals surface area contributed by atoms with Crippen LogP contribution >= 0.6 is 0 Å². The Labute approximate surface area is 121 Å². The highest BCUT2D eigenvalue weighted by molar-refractivity contribution is 5.26. The summed E-state index contributed by atoms with van der Waals surface area (Å²) in [6.07, 6.45) is 5.81. The van der Waals surface area contributed by atoms with Crippen LogP contribution in [0.25, 0.3) is 0 Å². The van der Waals surface area contributed by atoms with Gasteiger partial charge in [0.25, 0.3) is 0 Å². The third-order valence-corrected chi connectivity index (χ3v) is 3.10. The molecule has 20 heavy (non-hydrogen) atoms. The number of ether oxygens (including phenoxy) is 2. The van der Waals surface area contributed by atoms with Crippen molar-refractivity contribution >= 4 is 0 Å². The molecule has 1 rings (SSSR count). The van der Waals surface area contributed by atoms with Crippen LogP contribution in [0, 0.1) is 5.92 Å². The fraction of sp³-hybridized carbons (Fsp3) is 0.412. The van der Waals surface area contributed by atoms with E-state index in [0.29, 0.717) is 13.2 Å². The molecule has 3 nitrogen and oxygen atoms in total. The quantitative estimate of drug-likeness (QED) is 0.555. The van der Waals surface area contributed by atoms with Gasteiger partial charge in [0.1, 0.15) is 5.75 Å². The van der Waals surface area contributed by atoms with E-state index >= 15 is 0 Å². The monoisotopic (exact) mass is 276 g/mol. The standard InChI is InChI=1S/C17H24O3/c1-4-14(2)17(18)7-5-6-12-20-13-15-8-10-16(19-3)11-9-15/h4-5,7-11,14,17-18H,1,6,12-13H2,2-3H3/b7-5+/t14-,17+/m1/s1. The average molecular weight is 276 g/mol. The minimum Gasteiger partial charge on any atom is -0.497 e. The van der Waals surface area contributed by atoms with Gasteiger partial charge in [-0.1, -0.05) is 37.3 Å². The Morgan fingerprint density at radius 3 is 2.60 bits per heavy atom. The smallest absolute Gasteiger partial charge is 0.118 e. The van der Waals surface area contributed by atoms with Crippen LogP contribution in [0.4, 0.5) is 0 Å². The van der Waals surface area contributed by atoms with Crippen molar-refractivity contribution in [3.8, 4) is 5.75 Å². The van der Waals surface area contributed by atoms with E-state index in [2.05, 4.69) is 6.58 Å². The van der Waals surface area contributed by atoms with E-state index in [1.165, 1.54) is 0 Å². The molecule has 3 heteroatoms. The fourth-order valence-electron chi connectivity index (χ4n) is 1.61. The number of aliphatic hydroxyl groups is 1. The van der Waals surface area contributed by atoms with Gasteiger partial charge in [0.15, 0.2) is 0 Å². The van der Waals surface area contributed by atoms with Crippen LogP contribution in [-0.4, -0.2) is 24.9 Å². The molecule has 1 aromatic rings. The first-order valence-corrected chi connectivity index (χ1v) is 6.85. The maximum atomic E-state index is 9.69. The minimum atomic E-state index is -0.464. The third kappa shape index (κ3) is 6.04. The largest absolute Gasteiger partial charge is 0.497 e. The molecule has 0 aliphatic carbocycles. The maximum absolute atomic E-state index is 9.69. The lowest BCUT2D eigenvalue weighted by molar-refractivity contribution is 0.125. The first-order valence-electron chi connectivity index (χ1n) is 6.85. The molecule has 0 fully saturated rings. The second-order valence-electron chi connectivity index (χ2n) is 4.70. The van der Waals surface area contributed by atoms with E-state index in [0.717, 1.165) is 17.7 Å². The molecule has 0 bridgehead atoms. The molecule has 0 amide bonds.